The predicted octanol–water partition coefficient (Wildman–Crippen LogP) is 3.00. The van der Waals surface area contributed by atoms with Crippen molar-refractivity contribution >= 4 is 17.6 Å². The van der Waals surface area contributed by atoms with Crippen LogP contribution in [-0.4, -0.2) is 36.5 Å². The molecule has 0 saturated carbocycles. The second-order valence-electron chi connectivity index (χ2n) is 5.85. The third-order valence-corrected chi connectivity index (χ3v) is 3.61. The van der Waals surface area contributed by atoms with Crippen molar-refractivity contribution in [3.63, 3.8) is 0 Å². The van der Waals surface area contributed by atoms with E-state index >= 15 is 0 Å². The Morgan fingerprint density at radius 2 is 1.68 bits per heavy atom. The van der Waals surface area contributed by atoms with Gasteiger partial charge in [0, 0.05) is 12.2 Å². The topological polar surface area (TPSA) is 58.6 Å². The Kier molecular flexibility index (Phi) is 7.16. The van der Waals surface area contributed by atoms with E-state index < -0.39 is 0 Å². The number of benzene rings is 2. The van der Waals surface area contributed by atoms with Crippen LogP contribution < -0.4 is 5.32 Å². The quantitative estimate of drug-likeness (QED) is 0.751. The average Bonchev–Trinajstić information content (AvgIpc) is 2.58. The maximum Gasteiger partial charge on any atom is 0.320 e. The Balaban J connectivity index is 1.99. The van der Waals surface area contributed by atoms with Crippen molar-refractivity contribution in [2.75, 3.05) is 25.0 Å². The van der Waals surface area contributed by atoms with Crippen LogP contribution in [0.4, 0.5) is 5.69 Å². The van der Waals surface area contributed by atoms with E-state index in [1.807, 2.05) is 61.5 Å². The van der Waals surface area contributed by atoms with Crippen molar-refractivity contribution in [1.29, 1.82) is 0 Å². The molecule has 1 N–H and O–H groups in total. The highest BCUT2D eigenvalue weighted by Gasteiger charge is 2.16. The highest BCUT2D eigenvalue weighted by Crippen LogP contribution is 2.09. The minimum Gasteiger partial charge on any atom is -0.465 e. The zero-order chi connectivity index (χ0) is 18.1. The molecule has 0 fully saturated rings. The molecule has 0 bridgehead atoms. The van der Waals surface area contributed by atoms with Gasteiger partial charge in [-0.25, -0.2) is 0 Å². The van der Waals surface area contributed by atoms with Crippen molar-refractivity contribution in [3.05, 3.63) is 65.7 Å². The van der Waals surface area contributed by atoms with Crippen LogP contribution in [0.25, 0.3) is 0 Å². The lowest BCUT2D eigenvalue weighted by atomic mass is 10.2. The lowest BCUT2D eigenvalue weighted by Gasteiger charge is -2.21. The van der Waals surface area contributed by atoms with Gasteiger partial charge in [-0.2, -0.15) is 0 Å². The first-order chi connectivity index (χ1) is 12.1. The van der Waals surface area contributed by atoms with E-state index in [1.165, 1.54) is 0 Å². The minimum absolute atomic E-state index is 0.0735. The van der Waals surface area contributed by atoms with Gasteiger partial charge in [-0.15, -0.1) is 0 Å². The first-order valence-electron chi connectivity index (χ1n) is 8.35. The van der Waals surface area contributed by atoms with Crippen LogP contribution in [0.15, 0.2) is 54.6 Å². The third kappa shape index (κ3) is 6.77. The monoisotopic (exact) mass is 340 g/mol. The zero-order valence-electron chi connectivity index (χ0n) is 14.7. The first kappa shape index (κ1) is 18.7. The van der Waals surface area contributed by atoms with Gasteiger partial charge in [-0.3, -0.25) is 14.5 Å². The van der Waals surface area contributed by atoms with E-state index in [2.05, 4.69) is 5.32 Å². The van der Waals surface area contributed by atoms with Gasteiger partial charge in [-0.05, 0) is 31.5 Å². The molecule has 0 aliphatic carbocycles. The molecule has 0 aromatic heterocycles. The molecule has 2 rings (SSSR count). The summed E-state index contributed by atoms with van der Waals surface area (Å²) in [5.74, 6) is -0.495. The molecule has 132 valence electrons. The van der Waals surface area contributed by atoms with Gasteiger partial charge in [0.25, 0.3) is 0 Å². The summed E-state index contributed by atoms with van der Waals surface area (Å²) in [5, 5.41) is 2.86. The first-order valence-corrected chi connectivity index (χ1v) is 8.35. The number of rotatable bonds is 8. The highest BCUT2D eigenvalue weighted by molar-refractivity contribution is 5.92. The normalized spacial score (nSPS) is 10.5. The van der Waals surface area contributed by atoms with Crippen molar-refractivity contribution in [3.8, 4) is 0 Å². The molecule has 0 spiro atoms. The largest absolute Gasteiger partial charge is 0.465 e. The number of ether oxygens (including phenoxy) is 1. The van der Waals surface area contributed by atoms with Crippen LogP contribution in [0.2, 0.25) is 0 Å². The SMILES string of the molecule is CCOC(=O)CN(CC(=O)Nc1ccc(C)cc1)Cc1ccccc1. The maximum absolute atomic E-state index is 12.3. The fraction of sp³-hybridized carbons (Fsp3) is 0.300. The zero-order valence-corrected chi connectivity index (χ0v) is 14.7. The highest BCUT2D eigenvalue weighted by atomic mass is 16.5. The van der Waals surface area contributed by atoms with E-state index in [9.17, 15) is 9.59 Å². The van der Waals surface area contributed by atoms with Crippen molar-refractivity contribution < 1.29 is 14.3 Å². The fourth-order valence-electron chi connectivity index (χ4n) is 2.44. The number of hydrogen-bond donors (Lipinski definition) is 1. The summed E-state index contributed by atoms with van der Waals surface area (Å²) in [6.45, 7) is 4.77. The molecule has 2 aromatic rings. The second kappa shape index (κ2) is 9.59. The molecular formula is C20H24N2O3. The van der Waals surface area contributed by atoms with Gasteiger partial charge >= 0.3 is 5.97 Å². The van der Waals surface area contributed by atoms with Crippen molar-refractivity contribution in [2.45, 2.75) is 20.4 Å². The van der Waals surface area contributed by atoms with Crippen LogP contribution in [0, 0.1) is 6.92 Å². The molecule has 2 aromatic carbocycles. The van der Waals surface area contributed by atoms with E-state index in [0.717, 1.165) is 16.8 Å². The molecule has 25 heavy (non-hydrogen) atoms. The molecule has 0 unspecified atom stereocenters. The number of nitrogens with one attached hydrogen (secondary N) is 1. The molecule has 0 heterocycles. The van der Waals surface area contributed by atoms with Crippen LogP contribution in [-0.2, 0) is 20.9 Å². The summed E-state index contributed by atoms with van der Waals surface area (Å²) in [5.41, 5.74) is 2.91. The molecule has 0 aliphatic heterocycles. The Labute approximate surface area is 148 Å². The number of carbonyl (C=O) groups excluding carboxylic acids is 2. The third-order valence-electron chi connectivity index (χ3n) is 3.61. The second-order valence-corrected chi connectivity index (χ2v) is 5.85. The summed E-state index contributed by atoms with van der Waals surface area (Å²) < 4.78 is 5.01. The van der Waals surface area contributed by atoms with E-state index in [-0.39, 0.29) is 25.0 Å². The summed E-state index contributed by atoms with van der Waals surface area (Å²) in [7, 11) is 0. The fourth-order valence-corrected chi connectivity index (χ4v) is 2.44. The lowest BCUT2D eigenvalue weighted by Crippen LogP contribution is -2.37. The molecule has 0 atom stereocenters. The van der Waals surface area contributed by atoms with E-state index in [0.29, 0.717) is 13.2 Å². The molecule has 0 aliphatic rings. The lowest BCUT2D eigenvalue weighted by molar-refractivity contribution is -0.144. The summed E-state index contributed by atoms with van der Waals surface area (Å²) in [6.07, 6.45) is 0. The number of hydrogen-bond acceptors (Lipinski definition) is 4. The van der Waals surface area contributed by atoms with Crippen LogP contribution in [0.1, 0.15) is 18.1 Å². The van der Waals surface area contributed by atoms with Crippen molar-refractivity contribution in [2.24, 2.45) is 0 Å². The average molecular weight is 340 g/mol. The van der Waals surface area contributed by atoms with Gasteiger partial charge < -0.3 is 10.1 Å². The Morgan fingerprint density at radius 3 is 2.32 bits per heavy atom. The van der Waals surface area contributed by atoms with Gasteiger partial charge in [0.05, 0.1) is 19.7 Å². The number of anilines is 1. The number of aryl methyl sites for hydroxylation is 1. The number of amides is 1. The number of esters is 1. The molecule has 1 amide bonds. The Hall–Kier alpha value is -2.66. The smallest absolute Gasteiger partial charge is 0.320 e. The maximum atomic E-state index is 12.3. The molecule has 5 heteroatoms. The van der Waals surface area contributed by atoms with Gasteiger partial charge in [0.15, 0.2) is 0 Å². The van der Waals surface area contributed by atoms with E-state index in [4.69, 9.17) is 4.74 Å². The van der Waals surface area contributed by atoms with E-state index in [1.54, 1.807) is 11.8 Å². The van der Waals surface area contributed by atoms with Gasteiger partial charge in [0.1, 0.15) is 0 Å². The number of carbonyl (C=O) groups is 2. The van der Waals surface area contributed by atoms with Gasteiger partial charge in [-0.1, -0.05) is 48.0 Å². The summed E-state index contributed by atoms with van der Waals surface area (Å²) in [4.78, 5) is 25.9. The summed E-state index contributed by atoms with van der Waals surface area (Å²) in [6, 6.07) is 17.3. The molecular weight excluding hydrogens is 316 g/mol. The van der Waals surface area contributed by atoms with Gasteiger partial charge in [0.2, 0.25) is 5.91 Å². The Bertz CT molecular complexity index is 684. The molecule has 0 radical (unpaired) electrons. The standard InChI is InChI=1S/C20H24N2O3/c1-3-25-20(24)15-22(13-17-7-5-4-6-8-17)14-19(23)21-18-11-9-16(2)10-12-18/h4-12H,3,13-15H2,1-2H3,(H,21,23). The molecule has 0 saturated heterocycles. The van der Waals surface area contributed by atoms with Crippen molar-refractivity contribution in [1.82, 2.24) is 4.90 Å². The van der Waals surface area contributed by atoms with Crippen LogP contribution in [0.3, 0.4) is 0 Å². The Morgan fingerprint density at radius 1 is 1.00 bits per heavy atom. The predicted molar refractivity (Wildman–Crippen MR) is 98.2 cm³/mol. The summed E-state index contributed by atoms with van der Waals surface area (Å²) >= 11 is 0. The minimum atomic E-state index is -0.332. The van der Waals surface area contributed by atoms with Crippen LogP contribution >= 0.6 is 0 Å². The number of nitrogens with zero attached hydrogens (tertiary/aromatic N) is 1. The van der Waals surface area contributed by atoms with Crippen LogP contribution in [0.5, 0.6) is 0 Å². The molecule has 5 nitrogen and oxygen atoms in total.